The molecule has 14 heavy (non-hydrogen) atoms. The van der Waals surface area contributed by atoms with E-state index in [2.05, 4.69) is 0 Å². The summed E-state index contributed by atoms with van der Waals surface area (Å²) in [6.45, 7) is 1.71. The number of hydrogen-bond acceptors (Lipinski definition) is 3. The van der Waals surface area contributed by atoms with Crippen LogP contribution in [0.3, 0.4) is 0 Å². The quantitative estimate of drug-likeness (QED) is 0.709. The molecule has 0 aliphatic heterocycles. The maximum Gasteiger partial charge on any atom is 0.123 e. The number of carbonyl (C=O) groups is 1. The zero-order chi connectivity index (χ0) is 10.6. The number of aliphatic hydroxyl groups is 1. The lowest BCUT2D eigenvalue weighted by atomic mass is 10.0. The zero-order valence-electron chi connectivity index (χ0n) is 8.10. The molecule has 0 saturated heterocycles. The summed E-state index contributed by atoms with van der Waals surface area (Å²) in [6, 6.07) is 4.91. The minimum absolute atomic E-state index is 0.0663. The van der Waals surface area contributed by atoms with Crippen molar-refractivity contribution in [3.05, 3.63) is 29.3 Å². The van der Waals surface area contributed by atoms with Crippen LogP contribution in [0.1, 0.15) is 18.1 Å². The van der Waals surface area contributed by atoms with Gasteiger partial charge >= 0.3 is 0 Å². The zero-order valence-corrected chi connectivity index (χ0v) is 8.10. The normalized spacial score (nSPS) is 12.4. The Kier molecular flexibility index (Phi) is 3.65. The fraction of sp³-hybridized carbons (Fsp3) is 0.364. The van der Waals surface area contributed by atoms with Crippen molar-refractivity contribution in [3.63, 3.8) is 0 Å². The van der Waals surface area contributed by atoms with E-state index in [1.807, 2.05) is 6.92 Å². The Morgan fingerprint density at radius 3 is 2.57 bits per heavy atom. The molecule has 0 aromatic heterocycles. The molecule has 3 nitrogen and oxygen atoms in total. The van der Waals surface area contributed by atoms with Crippen molar-refractivity contribution >= 4 is 6.29 Å². The molecule has 0 aliphatic rings. The van der Waals surface area contributed by atoms with E-state index in [4.69, 9.17) is 5.11 Å². The molecule has 1 unspecified atom stereocenters. The van der Waals surface area contributed by atoms with Crippen molar-refractivity contribution in [1.29, 1.82) is 0 Å². The number of phenols is 1. The summed E-state index contributed by atoms with van der Waals surface area (Å²) in [5, 5.41) is 18.2. The Balaban J connectivity index is 2.86. The van der Waals surface area contributed by atoms with Gasteiger partial charge in [-0.05, 0) is 29.7 Å². The Morgan fingerprint density at radius 2 is 2.00 bits per heavy atom. The SMILES string of the molecule is CC(C=O)Cc1cc(O)cc(CO)c1. The molecule has 2 N–H and O–H groups in total. The van der Waals surface area contributed by atoms with Crippen molar-refractivity contribution in [2.75, 3.05) is 0 Å². The molecule has 0 amide bonds. The molecular formula is C11H14O3. The summed E-state index contributed by atoms with van der Waals surface area (Å²) in [5.74, 6) is 0.0630. The second-order valence-corrected chi connectivity index (χ2v) is 3.48. The molecule has 1 aromatic rings. The number of aldehydes is 1. The Hall–Kier alpha value is -1.35. The monoisotopic (exact) mass is 194 g/mol. The number of rotatable bonds is 4. The summed E-state index contributed by atoms with van der Waals surface area (Å²) in [5.41, 5.74) is 1.53. The van der Waals surface area contributed by atoms with Crippen LogP contribution in [0, 0.1) is 5.92 Å². The van der Waals surface area contributed by atoms with Gasteiger partial charge in [0.2, 0.25) is 0 Å². The first kappa shape index (κ1) is 10.7. The minimum Gasteiger partial charge on any atom is -0.508 e. The highest BCUT2D eigenvalue weighted by molar-refractivity contribution is 5.53. The van der Waals surface area contributed by atoms with Crippen LogP contribution in [0.5, 0.6) is 5.75 Å². The third-order valence-corrected chi connectivity index (χ3v) is 2.01. The standard InChI is InChI=1S/C11H14O3/c1-8(6-12)2-9-3-10(7-13)5-11(14)4-9/h3-6,8,13-14H,2,7H2,1H3. The molecule has 1 rings (SSSR count). The molecule has 0 aliphatic carbocycles. The average Bonchev–Trinajstić information content (AvgIpc) is 2.16. The molecule has 76 valence electrons. The van der Waals surface area contributed by atoms with Gasteiger partial charge in [0.15, 0.2) is 0 Å². The number of hydrogen-bond donors (Lipinski definition) is 2. The van der Waals surface area contributed by atoms with E-state index in [1.54, 1.807) is 12.1 Å². The van der Waals surface area contributed by atoms with Gasteiger partial charge in [-0.2, -0.15) is 0 Å². The summed E-state index contributed by atoms with van der Waals surface area (Å²) in [4.78, 5) is 10.4. The van der Waals surface area contributed by atoms with Crippen molar-refractivity contribution in [3.8, 4) is 5.75 Å². The van der Waals surface area contributed by atoms with Gasteiger partial charge in [0.05, 0.1) is 6.61 Å². The molecule has 0 heterocycles. The summed E-state index contributed by atoms with van der Waals surface area (Å²) in [7, 11) is 0. The lowest BCUT2D eigenvalue weighted by molar-refractivity contribution is -0.110. The minimum atomic E-state index is -0.100. The van der Waals surface area contributed by atoms with E-state index in [1.165, 1.54) is 6.07 Å². The van der Waals surface area contributed by atoms with Crippen molar-refractivity contribution < 1.29 is 15.0 Å². The van der Waals surface area contributed by atoms with Gasteiger partial charge in [-0.25, -0.2) is 0 Å². The molecular weight excluding hydrogens is 180 g/mol. The van der Waals surface area contributed by atoms with Crippen molar-refractivity contribution in [1.82, 2.24) is 0 Å². The molecule has 0 fully saturated rings. The number of phenolic OH excluding ortho intramolecular Hbond substituents is 1. The molecule has 0 spiro atoms. The number of aliphatic hydroxyl groups excluding tert-OH is 1. The third-order valence-electron chi connectivity index (χ3n) is 2.01. The van der Waals surface area contributed by atoms with E-state index in [0.717, 1.165) is 11.8 Å². The number of aromatic hydroxyl groups is 1. The first-order chi connectivity index (χ1) is 6.65. The lowest BCUT2D eigenvalue weighted by Crippen LogP contribution is -2.01. The van der Waals surface area contributed by atoms with Crippen molar-refractivity contribution in [2.45, 2.75) is 20.0 Å². The van der Waals surface area contributed by atoms with Crippen LogP contribution < -0.4 is 0 Å². The van der Waals surface area contributed by atoms with Crippen LogP contribution in [0.25, 0.3) is 0 Å². The van der Waals surface area contributed by atoms with E-state index >= 15 is 0 Å². The Labute approximate surface area is 83.0 Å². The second kappa shape index (κ2) is 4.77. The van der Waals surface area contributed by atoms with Crippen LogP contribution in [0.2, 0.25) is 0 Å². The van der Waals surface area contributed by atoms with E-state index < -0.39 is 0 Å². The van der Waals surface area contributed by atoms with Gasteiger partial charge in [-0.3, -0.25) is 0 Å². The first-order valence-corrected chi connectivity index (χ1v) is 4.53. The topological polar surface area (TPSA) is 57.5 Å². The van der Waals surface area contributed by atoms with Gasteiger partial charge in [-0.15, -0.1) is 0 Å². The third kappa shape index (κ3) is 2.85. The van der Waals surface area contributed by atoms with Gasteiger partial charge in [0.25, 0.3) is 0 Å². The predicted molar refractivity (Wildman–Crippen MR) is 53.0 cm³/mol. The predicted octanol–water partition coefficient (Wildman–Crippen LogP) is 1.26. The van der Waals surface area contributed by atoms with Crippen LogP contribution >= 0.6 is 0 Å². The Morgan fingerprint density at radius 1 is 1.36 bits per heavy atom. The highest BCUT2D eigenvalue weighted by Gasteiger charge is 2.04. The fourth-order valence-electron chi connectivity index (χ4n) is 1.37. The molecule has 1 aromatic carbocycles. The van der Waals surface area contributed by atoms with Crippen molar-refractivity contribution in [2.24, 2.45) is 5.92 Å². The van der Waals surface area contributed by atoms with E-state index in [9.17, 15) is 9.90 Å². The molecule has 0 radical (unpaired) electrons. The highest BCUT2D eigenvalue weighted by atomic mass is 16.3. The van der Waals surface area contributed by atoms with Gasteiger partial charge in [-0.1, -0.05) is 13.0 Å². The largest absolute Gasteiger partial charge is 0.508 e. The van der Waals surface area contributed by atoms with Crippen LogP contribution in [-0.2, 0) is 17.8 Å². The average molecular weight is 194 g/mol. The smallest absolute Gasteiger partial charge is 0.123 e. The molecule has 0 bridgehead atoms. The summed E-state index contributed by atoms with van der Waals surface area (Å²) >= 11 is 0. The van der Waals surface area contributed by atoms with Crippen LogP contribution in [0.4, 0.5) is 0 Å². The van der Waals surface area contributed by atoms with Gasteiger partial charge in [0.1, 0.15) is 12.0 Å². The molecule has 0 saturated carbocycles. The highest BCUT2D eigenvalue weighted by Crippen LogP contribution is 2.18. The number of benzene rings is 1. The van der Waals surface area contributed by atoms with E-state index in [-0.39, 0.29) is 18.3 Å². The maximum absolute atomic E-state index is 10.4. The number of carbonyl (C=O) groups excluding carboxylic acids is 1. The Bertz CT molecular complexity index is 320. The molecule has 1 atom stereocenters. The fourth-order valence-corrected chi connectivity index (χ4v) is 1.37. The van der Waals surface area contributed by atoms with Crippen LogP contribution in [-0.4, -0.2) is 16.5 Å². The summed E-state index contributed by atoms with van der Waals surface area (Å²) < 4.78 is 0. The first-order valence-electron chi connectivity index (χ1n) is 4.53. The second-order valence-electron chi connectivity index (χ2n) is 3.48. The lowest BCUT2D eigenvalue weighted by Gasteiger charge is -2.06. The molecule has 3 heteroatoms. The maximum atomic E-state index is 10.4. The van der Waals surface area contributed by atoms with Gasteiger partial charge < -0.3 is 15.0 Å². The van der Waals surface area contributed by atoms with Crippen LogP contribution in [0.15, 0.2) is 18.2 Å². The van der Waals surface area contributed by atoms with Gasteiger partial charge in [0, 0.05) is 5.92 Å². The van der Waals surface area contributed by atoms with E-state index in [0.29, 0.717) is 12.0 Å². The summed E-state index contributed by atoms with van der Waals surface area (Å²) in [6.07, 6.45) is 1.47.